The van der Waals surface area contributed by atoms with Crippen LogP contribution in [0.5, 0.6) is 5.75 Å². The van der Waals surface area contributed by atoms with Crippen LogP contribution in [-0.4, -0.2) is 7.11 Å². The fourth-order valence-electron chi connectivity index (χ4n) is 2.86. The Kier molecular flexibility index (Phi) is 5.36. The number of allylic oxidation sites excluding steroid dienone is 2. The van der Waals surface area contributed by atoms with Gasteiger partial charge in [-0.15, -0.1) is 0 Å². The van der Waals surface area contributed by atoms with E-state index in [0.717, 1.165) is 25.7 Å². The van der Waals surface area contributed by atoms with Gasteiger partial charge in [0.1, 0.15) is 0 Å². The molecule has 1 aliphatic carbocycles. The summed E-state index contributed by atoms with van der Waals surface area (Å²) in [6, 6.07) is 0. The molecule has 1 unspecified atom stereocenters. The molecule has 0 fully saturated rings. The maximum Gasteiger partial charge on any atom is 0.202 e. The van der Waals surface area contributed by atoms with Crippen LogP contribution in [0.1, 0.15) is 44.6 Å². The van der Waals surface area contributed by atoms with Gasteiger partial charge in [0.25, 0.3) is 0 Å². The minimum Gasteiger partial charge on any atom is -0.492 e. The topological polar surface area (TPSA) is 9.23 Å². The van der Waals surface area contributed by atoms with Gasteiger partial charge in [0, 0.05) is 0 Å². The van der Waals surface area contributed by atoms with Gasteiger partial charge >= 0.3 is 0 Å². The molecule has 0 aromatic heterocycles. The quantitative estimate of drug-likeness (QED) is 0.609. The average Bonchev–Trinajstić information content (AvgIpc) is 2.48. The van der Waals surface area contributed by atoms with Crippen LogP contribution in [0.25, 0.3) is 5.57 Å². The SMILES string of the molecule is CCCC1CC=C(c2c(F)c(F)c(OC)c(Br)c2F)CC1. The lowest BCUT2D eigenvalue weighted by Gasteiger charge is -2.23. The van der Waals surface area contributed by atoms with Gasteiger partial charge in [-0.1, -0.05) is 25.8 Å². The standard InChI is InChI=1S/C16H18BrF3O/c1-3-4-9-5-7-10(8-6-9)11-13(18)12(17)16(21-2)15(20)14(11)19/h7,9H,3-6,8H2,1-2H3. The largest absolute Gasteiger partial charge is 0.492 e. The maximum atomic E-state index is 14.3. The number of ether oxygens (including phenoxy) is 1. The van der Waals surface area contributed by atoms with E-state index in [0.29, 0.717) is 17.9 Å². The molecule has 0 radical (unpaired) electrons. The van der Waals surface area contributed by atoms with Crippen LogP contribution in [-0.2, 0) is 0 Å². The lowest BCUT2D eigenvalue weighted by Crippen LogP contribution is -2.09. The molecule has 0 heterocycles. The molecule has 0 spiro atoms. The molecule has 1 atom stereocenters. The number of hydrogen-bond acceptors (Lipinski definition) is 1. The van der Waals surface area contributed by atoms with Gasteiger partial charge in [-0.25, -0.2) is 8.78 Å². The van der Waals surface area contributed by atoms with Crippen molar-refractivity contribution in [3.63, 3.8) is 0 Å². The van der Waals surface area contributed by atoms with Gasteiger partial charge in [0.05, 0.1) is 17.1 Å². The summed E-state index contributed by atoms with van der Waals surface area (Å²) in [6.45, 7) is 2.12. The summed E-state index contributed by atoms with van der Waals surface area (Å²) >= 11 is 2.95. The first-order chi connectivity index (χ1) is 10.0. The van der Waals surface area contributed by atoms with Crippen molar-refractivity contribution in [2.45, 2.75) is 39.0 Å². The van der Waals surface area contributed by atoms with Crippen LogP contribution in [0.3, 0.4) is 0 Å². The van der Waals surface area contributed by atoms with E-state index < -0.39 is 23.2 Å². The van der Waals surface area contributed by atoms with Crippen LogP contribution in [0.2, 0.25) is 0 Å². The van der Waals surface area contributed by atoms with Crippen molar-refractivity contribution < 1.29 is 17.9 Å². The van der Waals surface area contributed by atoms with Crippen molar-refractivity contribution in [1.29, 1.82) is 0 Å². The Morgan fingerprint density at radius 1 is 1.24 bits per heavy atom. The van der Waals surface area contributed by atoms with Crippen LogP contribution in [0.15, 0.2) is 10.5 Å². The van der Waals surface area contributed by atoms with Crippen LogP contribution in [0.4, 0.5) is 13.2 Å². The molecule has 0 aliphatic heterocycles. The molecule has 5 heteroatoms. The molecule has 1 aromatic carbocycles. The highest BCUT2D eigenvalue weighted by atomic mass is 79.9. The minimum atomic E-state index is -1.17. The Bertz CT molecular complexity index is 540. The molecule has 0 saturated heterocycles. The lowest BCUT2D eigenvalue weighted by atomic mass is 9.84. The van der Waals surface area contributed by atoms with Crippen molar-refractivity contribution in [2.75, 3.05) is 7.11 Å². The Morgan fingerprint density at radius 2 is 1.95 bits per heavy atom. The van der Waals surface area contributed by atoms with Gasteiger partial charge < -0.3 is 4.74 Å². The molecule has 0 amide bonds. The third-order valence-corrected chi connectivity index (χ3v) is 4.67. The summed E-state index contributed by atoms with van der Waals surface area (Å²) in [6.07, 6.45) is 6.27. The Hall–Kier alpha value is -0.970. The lowest BCUT2D eigenvalue weighted by molar-refractivity contribution is 0.361. The summed E-state index contributed by atoms with van der Waals surface area (Å²) in [5, 5.41) is 0. The van der Waals surface area contributed by atoms with Gasteiger partial charge in [0.15, 0.2) is 17.4 Å². The van der Waals surface area contributed by atoms with E-state index in [4.69, 9.17) is 4.74 Å². The number of benzene rings is 1. The van der Waals surface area contributed by atoms with Crippen molar-refractivity contribution >= 4 is 21.5 Å². The zero-order valence-electron chi connectivity index (χ0n) is 12.1. The predicted molar refractivity (Wildman–Crippen MR) is 80.8 cm³/mol. The van der Waals surface area contributed by atoms with Crippen LogP contribution < -0.4 is 4.74 Å². The van der Waals surface area contributed by atoms with Crippen molar-refractivity contribution in [3.8, 4) is 5.75 Å². The van der Waals surface area contributed by atoms with Gasteiger partial charge in [-0.3, -0.25) is 0 Å². The van der Waals surface area contributed by atoms with Gasteiger partial charge in [-0.05, 0) is 46.7 Å². The Morgan fingerprint density at radius 3 is 2.48 bits per heavy atom. The van der Waals surface area contributed by atoms with Gasteiger partial charge in [-0.2, -0.15) is 4.39 Å². The second-order valence-corrected chi connectivity index (χ2v) is 6.12. The molecule has 21 heavy (non-hydrogen) atoms. The van der Waals surface area contributed by atoms with E-state index in [1.54, 1.807) is 0 Å². The first-order valence-corrected chi connectivity index (χ1v) is 7.89. The molecule has 0 saturated carbocycles. The Balaban J connectivity index is 2.42. The molecule has 1 nitrogen and oxygen atoms in total. The highest BCUT2D eigenvalue weighted by molar-refractivity contribution is 9.10. The number of rotatable bonds is 4. The summed E-state index contributed by atoms with van der Waals surface area (Å²) in [7, 11) is 1.18. The minimum absolute atomic E-state index is 0.171. The van der Waals surface area contributed by atoms with E-state index in [2.05, 4.69) is 22.9 Å². The molecular weight excluding hydrogens is 345 g/mol. The first kappa shape index (κ1) is 16.4. The third kappa shape index (κ3) is 3.12. The third-order valence-electron chi connectivity index (χ3n) is 3.96. The van der Waals surface area contributed by atoms with E-state index in [9.17, 15) is 13.2 Å². The summed E-state index contributed by atoms with van der Waals surface area (Å²) < 4.78 is 47.0. The van der Waals surface area contributed by atoms with E-state index in [1.165, 1.54) is 7.11 Å². The predicted octanol–water partition coefficient (Wildman–Crippen LogP) is 5.86. The highest BCUT2D eigenvalue weighted by Gasteiger charge is 2.28. The monoisotopic (exact) mass is 362 g/mol. The molecular formula is C16H18BrF3O. The first-order valence-electron chi connectivity index (χ1n) is 7.10. The number of hydrogen-bond donors (Lipinski definition) is 0. The van der Waals surface area contributed by atoms with Gasteiger partial charge in [0.2, 0.25) is 5.82 Å². The van der Waals surface area contributed by atoms with Crippen molar-refractivity contribution in [1.82, 2.24) is 0 Å². The maximum absolute atomic E-state index is 14.3. The fraction of sp³-hybridized carbons (Fsp3) is 0.500. The summed E-state index contributed by atoms with van der Waals surface area (Å²) in [4.78, 5) is 0. The van der Waals surface area contributed by atoms with E-state index in [-0.39, 0.29) is 10.0 Å². The number of halogens is 4. The zero-order valence-corrected chi connectivity index (χ0v) is 13.7. The smallest absolute Gasteiger partial charge is 0.202 e. The van der Waals surface area contributed by atoms with Crippen molar-refractivity contribution in [2.24, 2.45) is 5.92 Å². The molecule has 0 N–H and O–H groups in total. The average molecular weight is 363 g/mol. The van der Waals surface area contributed by atoms with Crippen molar-refractivity contribution in [3.05, 3.63) is 33.6 Å². The fourth-order valence-corrected chi connectivity index (χ4v) is 3.39. The van der Waals surface area contributed by atoms with Crippen LogP contribution in [0, 0.1) is 23.4 Å². The molecule has 1 aliphatic rings. The van der Waals surface area contributed by atoms with E-state index >= 15 is 0 Å². The molecule has 116 valence electrons. The van der Waals surface area contributed by atoms with Crippen LogP contribution >= 0.6 is 15.9 Å². The Labute approximate surface area is 131 Å². The van der Waals surface area contributed by atoms with E-state index in [1.807, 2.05) is 6.08 Å². The second-order valence-electron chi connectivity index (χ2n) is 5.32. The zero-order chi connectivity index (χ0) is 15.6. The molecule has 1 aromatic rings. The summed E-state index contributed by atoms with van der Waals surface area (Å²) in [5.41, 5.74) is 0.273. The molecule has 0 bridgehead atoms. The highest BCUT2D eigenvalue weighted by Crippen LogP contribution is 2.41. The second kappa shape index (κ2) is 6.86. The summed E-state index contributed by atoms with van der Waals surface area (Å²) in [5.74, 6) is -3.01. The number of methoxy groups -OCH3 is 1. The molecule has 2 rings (SSSR count). The normalized spacial score (nSPS) is 18.6.